The Morgan fingerprint density at radius 3 is 2.83 bits per heavy atom. The number of hydrazine groups is 1. The lowest BCUT2D eigenvalue weighted by molar-refractivity contribution is -0.134. The maximum atomic E-state index is 10.5. The van der Waals surface area contributed by atoms with Crippen molar-refractivity contribution in [1.29, 1.82) is 0 Å². The number of hydrogen-bond donors (Lipinski definition) is 3. The number of urea groups is 1. The van der Waals surface area contributed by atoms with E-state index < -0.39 is 12.0 Å². The summed E-state index contributed by atoms with van der Waals surface area (Å²) in [5.74, 6) is -0.601. The first kappa shape index (κ1) is 10.2. The second kappa shape index (κ2) is 5.96. The van der Waals surface area contributed by atoms with E-state index in [2.05, 4.69) is 15.6 Å². The van der Waals surface area contributed by atoms with Gasteiger partial charge in [0.15, 0.2) is 0 Å². The molecule has 0 fully saturated rings. The van der Waals surface area contributed by atoms with Crippen LogP contribution in [-0.4, -0.2) is 24.8 Å². The van der Waals surface area contributed by atoms with Crippen molar-refractivity contribution < 1.29 is 14.3 Å². The lowest BCUT2D eigenvalue weighted by Gasteiger charge is -1.97. The Balaban J connectivity index is 3.48. The summed E-state index contributed by atoms with van der Waals surface area (Å²) >= 11 is 0. The van der Waals surface area contributed by atoms with Gasteiger partial charge >= 0.3 is 12.0 Å². The minimum absolute atomic E-state index is 0.272. The number of hydrogen-bond acceptors (Lipinski definition) is 5. The molecule has 0 saturated carbocycles. The number of hydrazone groups is 1. The van der Waals surface area contributed by atoms with Crippen molar-refractivity contribution in [2.75, 3.05) is 6.61 Å². The molecule has 0 heterocycles. The fraction of sp³-hybridized carbons (Fsp3) is 0.400. The number of amides is 2. The summed E-state index contributed by atoms with van der Waals surface area (Å²) in [7, 11) is 0. The average molecular weight is 174 g/mol. The van der Waals surface area contributed by atoms with Gasteiger partial charge in [-0.25, -0.2) is 20.5 Å². The first-order chi connectivity index (χ1) is 5.66. The van der Waals surface area contributed by atoms with Crippen molar-refractivity contribution in [2.45, 2.75) is 6.92 Å². The topological polar surface area (TPSA) is 106 Å². The van der Waals surface area contributed by atoms with Crippen LogP contribution in [-0.2, 0) is 9.53 Å². The van der Waals surface area contributed by atoms with E-state index >= 15 is 0 Å². The molecular formula is C5H10N4O3. The summed E-state index contributed by atoms with van der Waals surface area (Å²) in [5, 5.41) is 3.27. The zero-order valence-corrected chi connectivity index (χ0v) is 6.53. The molecule has 0 aliphatic heterocycles. The third-order valence-electron chi connectivity index (χ3n) is 0.700. The smallest absolute Gasteiger partial charge is 0.351 e. The predicted molar refractivity (Wildman–Crippen MR) is 41.0 cm³/mol. The summed E-state index contributed by atoms with van der Waals surface area (Å²) in [4.78, 5) is 20.6. The quantitative estimate of drug-likeness (QED) is 0.280. The molecule has 0 saturated heterocycles. The van der Waals surface area contributed by atoms with Crippen LogP contribution in [0.4, 0.5) is 4.79 Å². The van der Waals surface area contributed by atoms with Crippen LogP contribution in [0.2, 0.25) is 0 Å². The zero-order chi connectivity index (χ0) is 9.40. The molecule has 2 amide bonds. The molecule has 0 rings (SSSR count). The Labute approximate surface area is 68.9 Å². The number of carbonyl (C=O) groups excluding carboxylic acids is 2. The molecule has 12 heavy (non-hydrogen) atoms. The van der Waals surface area contributed by atoms with Crippen molar-refractivity contribution >= 4 is 18.2 Å². The third kappa shape index (κ3) is 6.33. The molecule has 0 spiro atoms. The lowest BCUT2D eigenvalue weighted by atomic mass is 10.7. The Bertz CT molecular complexity index is 191. The number of nitrogens with one attached hydrogen (secondary N) is 2. The largest absolute Gasteiger partial charge is 0.462 e. The normalized spacial score (nSPS) is 9.42. The maximum Gasteiger partial charge on any atom is 0.351 e. The Kier molecular flexibility index (Phi) is 5.07. The zero-order valence-electron chi connectivity index (χ0n) is 6.53. The number of carbonyl (C=O) groups is 2. The molecular weight excluding hydrogens is 164 g/mol. The van der Waals surface area contributed by atoms with Gasteiger partial charge in [0.25, 0.3) is 0 Å². The van der Waals surface area contributed by atoms with Gasteiger partial charge in [0, 0.05) is 0 Å². The van der Waals surface area contributed by atoms with Crippen molar-refractivity contribution in [3.8, 4) is 0 Å². The van der Waals surface area contributed by atoms with E-state index in [1.165, 1.54) is 0 Å². The second-order valence-electron chi connectivity index (χ2n) is 1.61. The summed E-state index contributed by atoms with van der Waals surface area (Å²) in [6.07, 6.45) is 0.874. The molecule has 4 N–H and O–H groups in total. The van der Waals surface area contributed by atoms with Crippen LogP contribution in [0.15, 0.2) is 5.10 Å². The van der Waals surface area contributed by atoms with Gasteiger partial charge in [-0.15, -0.1) is 0 Å². The molecule has 0 aromatic heterocycles. The highest BCUT2D eigenvalue weighted by Crippen LogP contribution is 1.71. The summed E-state index contributed by atoms with van der Waals surface area (Å²) in [5.41, 5.74) is 8.61. The van der Waals surface area contributed by atoms with Crippen LogP contribution in [0, 0.1) is 0 Å². The molecule has 0 radical (unpaired) electrons. The van der Waals surface area contributed by atoms with Crippen molar-refractivity contribution in [3.63, 3.8) is 0 Å². The van der Waals surface area contributed by atoms with Crippen molar-refractivity contribution in [2.24, 2.45) is 10.8 Å². The molecule has 7 heteroatoms. The van der Waals surface area contributed by atoms with E-state index in [0.29, 0.717) is 0 Å². The number of esters is 1. The first-order valence-electron chi connectivity index (χ1n) is 3.17. The molecule has 0 aromatic carbocycles. The predicted octanol–water partition coefficient (Wildman–Crippen LogP) is -1.29. The number of ether oxygens (including phenoxy) is 1. The Hall–Kier alpha value is -1.79. The number of nitrogens with two attached hydrogens (primary N) is 1. The lowest BCUT2D eigenvalue weighted by Crippen LogP contribution is -2.38. The van der Waals surface area contributed by atoms with Crippen LogP contribution in [0.25, 0.3) is 0 Å². The van der Waals surface area contributed by atoms with E-state index in [-0.39, 0.29) is 6.61 Å². The highest BCUT2D eigenvalue weighted by molar-refractivity contribution is 6.23. The van der Waals surface area contributed by atoms with Gasteiger partial charge in [-0.1, -0.05) is 0 Å². The number of primary amides is 1. The third-order valence-corrected chi connectivity index (χ3v) is 0.700. The van der Waals surface area contributed by atoms with Crippen LogP contribution in [0.5, 0.6) is 0 Å². The standard InChI is InChI=1S/C5H10N4O3/c1-2-12-4(10)3-7-9-8-5(6)11/h3,9H,2H2,1H3,(H3,6,8,11). The molecule has 0 unspecified atom stereocenters. The van der Waals surface area contributed by atoms with Crippen LogP contribution in [0.3, 0.4) is 0 Å². The highest BCUT2D eigenvalue weighted by Gasteiger charge is 1.93. The molecule has 68 valence electrons. The van der Waals surface area contributed by atoms with E-state index in [4.69, 9.17) is 0 Å². The fourth-order valence-electron chi connectivity index (χ4n) is 0.352. The molecule has 0 atom stereocenters. The molecule has 0 aromatic rings. The van der Waals surface area contributed by atoms with Gasteiger partial charge in [0.1, 0.15) is 6.21 Å². The van der Waals surface area contributed by atoms with Crippen LogP contribution < -0.4 is 16.7 Å². The van der Waals surface area contributed by atoms with E-state index in [9.17, 15) is 9.59 Å². The van der Waals surface area contributed by atoms with Crippen molar-refractivity contribution in [3.05, 3.63) is 0 Å². The summed E-state index contributed by atoms with van der Waals surface area (Å²) in [6, 6.07) is -0.795. The SMILES string of the molecule is CCOC(=O)C=NNNC(N)=O. The van der Waals surface area contributed by atoms with Gasteiger partial charge < -0.3 is 10.5 Å². The maximum absolute atomic E-state index is 10.5. The molecule has 0 aliphatic carbocycles. The Morgan fingerprint density at radius 1 is 1.67 bits per heavy atom. The summed E-state index contributed by atoms with van der Waals surface area (Å²) in [6.45, 7) is 1.94. The van der Waals surface area contributed by atoms with Gasteiger partial charge in [-0.2, -0.15) is 5.10 Å². The summed E-state index contributed by atoms with van der Waals surface area (Å²) < 4.78 is 4.48. The van der Waals surface area contributed by atoms with Crippen molar-refractivity contribution in [1.82, 2.24) is 11.0 Å². The van der Waals surface area contributed by atoms with Gasteiger partial charge in [0.05, 0.1) is 6.61 Å². The monoisotopic (exact) mass is 174 g/mol. The van der Waals surface area contributed by atoms with E-state index in [1.807, 2.05) is 11.0 Å². The average Bonchev–Trinajstić information content (AvgIpc) is 1.98. The molecule has 0 aliphatic rings. The van der Waals surface area contributed by atoms with Gasteiger partial charge in [-0.3, -0.25) is 0 Å². The molecule has 7 nitrogen and oxygen atoms in total. The van der Waals surface area contributed by atoms with E-state index in [1.54, 1.807) is 6.92 Å². The molecule has 0 bridgehead atoms. The Morgan fingerprint density at radius 2 is 2.33 bits per heavy atom. The van der Waals surface area contributed by atoms with E-state index in [0.717, 1.165) is 6.21 Å². The van der Waals surface area contributed by atoms with Gasteiger partial charge in [-0.05, 0) is 6.92 Å². The minimum atomic E-state index is -0.795. The second-order valence-corrected chi connectivity index (χ2v) is 1.61. The number of nitrogens with zero attached hydrogens (tertiary/aromatic N) is 1. The number of rotatable bonds is 4. The first-order valence-corrected chi connectivity index (χ1v) is 3.17. The fourth-order valence-corrected chi connectivity index (χ4v) is 0.352. The van der Waals surface area contributed by atoms with Crippen LogP contribution in [0.1, 0.15) is 6.92 Å². The van der Waals surface area contributed by atoms with Crippen LogP contribution >= 0.6 is 0 Å². The van der Waals surface area contributed by atoms with Gasteiger partial charge in [0.2, 0.25) is 0 Å². The minimum Gasteiger partial charge on any atom is -0.462 e. The highest BCUT2D eigenvalue weighted by atomic mass is 16.5.